The molecule has 2 N–H and O–H groups in total. The van der Waals surface area contributed by atoms with Crippen molar-refractivity contribution < 1.29 is 4.74 Å². The fraction of sp³-hybridized carbons (Fsp3) is 0.235. The van der Waals surface area contributed by atoms with Gasteiger partial charge in [0.1, 0.15) is 5.75 Å². The number of hydrogen-bond donors (Lipinski definition) is 1. The Labute approximate surface area is 124 Å². The average Bonchev–Trinajstić information content (AvgIpc) is 2.84. The standard InChI is InChI=1S/C17H19N3O/c1-17(13-8-4-3-5-9-13)12-19-16(18)20(17)14-10-6-7-11-15(14)21-2/h3-11H,12H2,1-2H3,(H2,18,19). The zero-order valence-electron chi connectivity index (χ0n) is 12.3. The van der Waals surface area contributed by atoms with Crippen molar-refractivity contribution >= 4 is 11.6 Å². The maximum atomic E-state index is 6.17. The van der Waals surface area contributed by atoms with Crippen LogP contribution in [0.25, 0.3) is 0 Å². The maximum Gasteiger partial charge on any atom is 0.196 e. The van der Waals surface area contributed by atoms with Gasteiger partial charge in [0.05, 0.1) is 24.9 Å². The van der Waals surface area contributed by atoms with Crippen molar-refractivity contribution in [2.24, 2.45) is 10.7 Å². The van der Waals surface area contributed by atoms with Crippen LogP contribution in [0.2, 0.25) is 0 Å². The van der Waals surface area contributed by atoms with Crippen molar-refractivity contribution in [1.29, 1.82) is 0 Å². The Morgan fingerprint density at radius 1 is 1.10 bits per heavy atom. The number of benzene rings is 2. The Hall–Kier alpha value is -2.49. The summed E-state index contributed by atoms with van der Waals surface area (Å²) in [6, 6.07) is 18.2. The van der Waals surface area contributed by atoms with Crippen LogP contribution in [0.4, 0.5) is 5.69 Å². The van der Waals surface area contributed by atoms with Crippen LogP contribution in [0, 0.1) is 0 Å². The highest BCUT2D eigenvalue weighted by Gasteiger charge is 2.41. The van der Waals surface area contributed by atoms with Gasteiger partial charge in [-0.3, -0.25) is 9.89 Å². The molecule has 0 aliphatic carbocycles. The van der Waals surface area contributed by atoms with Crippen LogP contribution < -0.4 is 15.4 Å². The van der Waals surface area contributed by atoms with Crippen LogP contribution in [0.15, 0.2) is 59.6 Å². The summed E-state index contributed by atoms with van der Waals surface area (Å²) < 4.78 is 5.48. The number of para-hydroxylation sites is 2. The molecule has 2 aromatic rings. The summed E-state index contributed by atoms with van der Waals surface area (Å²) in [5.74, 6) is 1.31. The van der Waals surface area contributed by atoms with E-state index in [2.05, 4.69) is 28.9 Å². The first-order valence-electron chi connectivity index (χ1n) is 6.95. The van der Waals surface area contributed by atoms with Crippen molar-refractivity contribution in [2.45, 2.75) is 12.5 Å². The van der Waals surface area contributed by atoms with Gasteiger partial charge in [-0.25, -0.2) is 0 Å². The predicted molar refractivity (Wildman–Crippen MR) is 85.8 cm³/mol. The lowest BCUT2D eigenvalue weighted by Crippen LogP contribution is -2.47. The van der Waals surface area contributed by atoms with Crippen LogP contribution >= 0.6 is 0 Å². The number of nitrogens with zero attached hydrogens (tertiary/aromatic N) is 2. The molecule has 4 heteroatoms. The van der Waals surface area contributed by atoms with Gasteiger partial charge in [0, 0.05) is 0 Å². The lowest BCUT2D eigenvalue weighted by atomic mass is 9.90. The molecule has 1 aliphatic rings. The average molecular weight is 281 g/mol. The molecule has 0 aromatic heterocycles. The fourth-order valence-electron chi connectivity index (χ4n) is 2.85. The van der Waals surface area contributed by atoms with Gasteiger partial charge in [0.15, 0.2) is 5.96 Å². The topological polar surface area (TPSA) is 50.9 Å². The summed E-state index contributed by atoms with van der Waals surface area (Å²) in [6.07, 6.45) is 0. The van der Waals surface area contributed by atoms with Gasteiger partial charge in [0.25, 0.3) is 0 Å². The largest absolute Gasteiger partial charge is 0.495 e. The fourth-order valence-corrected chi connectivity index (χ4v) is 2.85. The van der Waals surface area contributed by atoms with E-state index in [0.717, 1.165) is 11.4 Å². The van der Waals surface area contributed by atoms with Crippen LogP contribution in [-0.4, -0.2) is 19.6 Å². The van der Waals surface area contributed by atoms with Gasteiger partial charge in [0.2, 0.25) is 0 Å². The Bertz CT molecular complexity index is 669. The van der Waals surface area contributed by atoms with Gasteiger partial charge in [-0.1, -0.05) is 42.5 Å². The van der Waals surface area contributed by atoms with Crippen LogP contribution in [-0.2, 0) is 5.54 Å². The highest BCUT2D eigenvalue weighted by atomic mass is 16.5. The Kier molecular flexibility index (Phi) is 3.29. The van der Waals surface area contributed by atoms with Gasteiger partial charge in [-0.15, -0.1) is 0 Å². The molecule has 108 valence electrons. The van der Waals surface area contributed by atoms with Crippen LogP contribution in [0.5, 0.6) is 5.75 Å². The minimum atomic E-state index is -0.306. The first kappa shape index (κ1) is 13.5. The van der Waals surface area contributed by atoms with E-state index >= 15 is 0 Å². The molecule has 1 aliphatic heterocycles. The number of methoxy groups -OCH3 is 1. The summed E-state index contributed by atoms with van der Waals surface area (Å²) in [6.45, 7) is 2.78. The zero-order valence-corrected chi connectivity index (χ0v) is 12.3. The van der Waals surface area contributed by atoms with E-state index in [1.807, 2.05) is 42.5 Å². The van der Waals surface area contributed by atoms with Crippen molar-refractivity contribution in [1.82, 2.24) is 0 Å². The lowest BCUT2D eigenvalue weighted by Gasteiger charge is -2.37. The van der Waals surface area contributed by atoms with Gasteiger partial charge >= 0.3 is 0 Å². The molecule has 0 bridgehead atoms. The molecule has 1 atom stereocenters. The summed E-state index contributed by atoms with van der Waals surface area (Å²) in [5, 5.41) is 0. The number of ether oxygens (including phenoxy) is 1. The number of hydrogen-bond acceptors (Lipinski definition) is 4. The first-order chi connectivity index (χ1) is 10.2. The number of rotatable bonds is 3. The predicted octanol–water partition coefficient (Wildman–Crippen LogP) is 2.75. The van der Waals surface area contributed by atoms with E-state index in [-0.39, 0.29) is 5.54 Å². The summed E-state index contributed by atoms with van der Waals surface area (Å²) in [5.41, 5.74) is 7.98. The van der Waals surface area contributed by atoms with Crippen molar-refractivity contribution in [3.05, 3.63) is 60.2 Å². The summed E-state index contributed by atoms with van der Waals surface area (Å²) in [4.78, 5) is 6.52. The molecule has 0 radical (unpaired) electrons. The van der Waals surface area contributed by atoms with E-state index < -0.39 is 0 Å². The molecule has 0 saturated carbocycles. The van der Waals surface area contributed by atoms with Crippen LogP contribution in [0.3, 0.4) is 0 Å². The van der Waals surface area contributed by atoms with Crippen molar-refractivity contribution in [2.75, 3.05) is 18.6 Å². The molecule has 0 amide bonds. The number of guanidine groups is 1. The molecular formula is C17H19N3O. The smallest absolute Gasteiger partial charge is 0.196 e. The normalized spacial score (nSPS) is 21.2. The monoisotopic (exact) mass is 281 g/mol. The molecule has 21 heavy (non-hydrogen) atoms. The Morgan fingerprint density at radius 2 is 1.76 bits per heavy atom. The molecule has 0 saturated heterocycles. The summed E-state index contributed by atoms with van der Waals surface area (Å²) in [7, 11) is 1.67. The van der Waals surface area contributed by atoms with E-state index in [0.29, 0.717) is 12.5 Å². The number of aliphatic imine (C=N–C) groups is 1. The second kappa shape index (κ2) is 5.13. The van der Waals surface area contributed by atoms with E-state index in [4.69, 9.17) is 10.5 Å². The molecule has 0 fully saturated rings. The molecule has 2 aromatic carbocycles. The molecule has 1 heterocycles. The number of anilines is 1. The van der Waals surface area contributed by atoms with Gasteiger partial charge in [-0.05, 0) is 24.6 Å². The van der Waals surface area contributed by atoms with Crippen molar-refractivity contribution in [3.63, 3.8) is 0 Å². The zero-order chi connectivity index (χ0) is 14.9. The van der Waals surface area contributed by atoms with Crippen molar-refractivity contribution in [3.8, 4) is 5.75 Å². The van der Waals surface area contributed by atoms with Gasteiger partial charge < -0.3 is 10.5 Å². The highest BCUT2D eigenvalue weighted by molar-refractivity contribution is 5.99. The first-order valence-corrected chi connectivity index (χ1v) is 6.95. The SMILES string of the molecule is COc1ccccc1N1C(N)=NCC1(C)c1ccccc1. The third-order valence-electron chi connectivity index (χ3n) is 3.99. The van der Waals surface area contributed by atoms with E-state index in [1.54, 1.807) is 7.11 Å². The Balaban J connectivity index is 2.12. The molecule has 4 nitrogen and oxygen atoms in total. The van der Waals surface area contributed by atoms with Crippen LogP contribution in [0.1, 0.15) is 12.5 Å². The Morgan fingerprint density at radius 3 is 2.48 bits per heavy atom. The van der Waals surface area contributed by atoms with E-state index in [1.165, 1.54) is 5.56 Å². The quantitative estimate of drug-likeness (QED) is 0.941. The lowest BCUT2D eigenvalue weighted by molar-refractivity contribution is 0.411. The third kappa shape index (κ3) is 2.13. The minimum Gasteiger partial charge on any atom is -0.495 e. The molecule has 1 unspecified atom stereocenters. The minimum absolute atomic E-state index is 0.306. The second-order valence-electron chi connectivity index (χ2n) is 5.32. The maximum absolute atomic E-state index is 6.17. The third-order valence-corrected chi connectivity index (χ3v) is 3.99. The molecule has 0 spiro atoms. The van der Waals surface area contributed by atoms with Gasteiger partial charge in [-0.2, -0.15) is 0 Å². The molecule has 3 rings (SSSR count). The highest BCUT2D eigenvalue weighted by Crippen LogP contribution is 2.40. The summed E-state index contributed by atoms with van der Waals surface area (Å²) >= 11 is 0. The second-order valence-corrected chi connectivity index (χ2v) is 5.32. The number of nitrogens with two attached hydrogens (primary N) is 1. The molecular weight excluding hydrogens is 262 g/mol. The van der Waals surface area contributed by atoms with E-state index in [9.17, 15) is 0 Å².